The number of furan rings is 1. The predicted molar refractivity (Wildman–Crippen MR) is 59.3 cm³/mol. The molecule has 2 atom stereocenters. The van der Waals surface area contributed by atoms with Crippen LogP contribution in [-0.4, -0.2) is 23.5 Å². The van der Waals surface area contributed by atoms with Crippen LogP contribution < -0.4 is 5.73 Å². The Hall–Kier alpha value is -0.450. The molecule has 0 saturated heterocycles. The first-order valence-corrected chi connectivity index (χ1v) is 5.82. The number of hydrogen-bond donors (Lipinski definition) is 2. The maximum Gasteiger partial charge on any atom is 0.118 e. The van der Waals surface area contributed by atoms with Crippen LogP contribution in [0.5, 0.6) is 0 Å². The number of hydrogen-bond acceptors (Lipinski definition) is 4. The summed E-state index contributed by atoms with van der Waals surface area (Å²) in [5.74, 6) is 1.83. The molecule has 0 radical (unpaired) electrons. The third-order valence-corrected chi connectivity index (χ3v) is 3.45. The first kappa shape index (κ1) is 11.6. The quantitative estimate of drug-likeness (QED) is 0.710. The fraction of sp³-hybridized carbons (Fsp3) is 0.600. The zero-order valence-corrected chi connectivity index (χ0v) is 9.17. The molecule has 0 aromatic carbocycles. The Morgan fingerprint density at radius 3 is 2.93 bits per heavy atom. The molecule has 1 aromatic heterocycles. The first-order chi connectivity index (χ1) is 6.75. The van der Waals surface area contributed by atoms with E-state index in [1.807, 2.05) is 19.1 Å². The Labute approximate surface area is 88.7 Å². The van der Waals surface area contributed by atoms with E-state index in [1.165, 1.54) is 0 Å². The van der Waals surface area contributed by atoms with E-state index in [2.05, 4.69) is 0 Å². The van der Waals surface area contributed by atoms with E-state index in [0.717, 1.165) is 17.9 Å². The molecule has 0 bridgehead atoms. The maximum atomic E-state index is 8.68. The third kappa shape index (κ3) is 3.36. The van der Waals surface area contributed by atoms with Gasteiger partial charge < -0.3 is 15.3 Å². The van der Waals surface area contributed by atoms with Gasteiger partial charge in [-0.3, -0.25) is 0 Å². The van der Waals surface area contributed by atoms with Gasteiger partial charge in [0.25, 0.3) is 0 Å². The molecule has 0 aliphatic rings. The highest BCUT2D eigenvalue weighted by atomic mass is 32.2. The average Bonchev–Trinajstić information content (AvgIpc) is 2.64. The van der Waals surface area contributed by atoms with Crippen LogP contribution >= 0.6 is 11.8 Å². The molecule has 1 aromatic rings. The summed E-state index contributed by atoms with van der Waals surface area (Å²) in [6, 6.07) is 3.88. The van der Waals surface area contributed by atoms with Gasteiger partial charge in [0.1, 0.15) is 5.76 Å². The number of aliphatic hydroxyl groups excluding tert-OH is 1. The van der Waals surface area contributed by atoms with Crippen molar-refractivity contribution in [3.05, 3.63) is 24.2 Å². The molecule has 0 amide bonds. The lowest BCUT2D eigenvalue weighted by molar-refractivity contribution is 0.296. The Morgan fingerprint density at radius 2 is 2.43 bits per heavy atom. The number of nitrogens with two attached hydrogens (primary N) is 1. The molecular formula is C10H17NO2S. The van der Waals surface area contributed by atoms with Crippen LogP contribution in [0.25, 0.3) is 0 Å². The van der Waals surface area contributed by atoms with Gasteiger partial charge in [-0.15, -0.1) is 11.8 Å². The molecule has 3 nitrogen and oxygen atoms in total. The van der Waals surface area contributed by atoms with Gasteiger partial charge in [0.05, 0.1) is 11.5 Å². The van der Waals surface area contributed by atoms with Gasteiger partial charge in [0.15, 0.2) is 0 Å². The van der Waals surface area contributed by atoms with E-state index in [9.17, 15) is 0 Å². The molecule has 80 valence electrons. The standard InChI is InChI=1S/C10H17NO2S/c1-8(11)10(14-7-3-5-12)9-4-2-6-13-9/h2,4,6,8,10,12H,3,5,7,11H2,1H3. The molecule has 1 heterocycles. The number of rotatable bonds is 6. The smallest absolute Gasteiger partial charge is 0.118 e. The molecule has 0 aliphatic carbocycles. The molecule has 14 heavy (non-hydrogen) atoms. The summed E-state index contributed by atoms with van der Waals surface area (Å²) in [6.07, 6.45) is 2.46. The van der Waals surface area contributed by atoms with Gasteiger partial charge >= 0.3 is 0 Å². The predicted octanol–water partition coefficient (Wildman–Crippen LogP) is 1.78. The fourth-order valence-corrected chi connectivity index (χ4v) is 2.37. The zero-order valence-electron chi connectivity index (χ0n) is 8.35. The Kier molecular flexibility index (Phi) is 5.07. The largest absolute Gasteiger partial charge is 0.468 e. The van der Waals surface area contributed by atoms with Crippen molar-refractivity contribution in [2.75, 3.05) is 12.4 Å². The first-order valence-electron chi connectivity index (χ1n) is 4.77. The van der Waals surface area contributed by atoms with Gasteiger partial charge in [-0.05, 0) is 31.2 Å². The van der Waals surface area contributed by atoms with E-state index < -0.39 is 0 Å². The summed E-state index contributed by atoms with van der Waals surface area (Å²) in [5.41, 5.74) is 5.87. The van der Waals surface area contributed by atoms with Crippen molar-refractivity contribution in [2.24, 2.45) is 5.73 Å². The van der Waals surface area contributed by atoms with Crippen molar-refractivity contribution < 1.29 is 9.52 Å². The molecule has 3 N–H and O–H groups in total. The molecule has 2 unspecified atom stereocenters. The van der Waals surface area contributed by atoms with Crippen LogP contribution in [-0.2, 0) is 0 Å². The molecule has 0 spiro atoms. The SMILES string of the molecule is CC(N)C(SCCCO)c1ccco1. The summed E-state index contributed by atoms with van der Waals surface area (Å²) >= 11 is 1.73. The van der Waals surface area contributed by atoms with Gasteiger partial charge in [-0.1, -0.05) is 0 Å². The lowest BCUT2D eigenvalue weighted by Crippen LogP contribution is -2.22. The summed E-state index contributed by atoms with van der Waals surface area (Å²) < 4.78 is 5.32. The van der Waals surface area contributed by atoms with Gasteiger partial charge in [0.2, 0.25) is 0 Å². The minimum absolute atomic E-state index is 0.0600. The topological polar surface area (TPSA) is 59.4 Å². The van der Waals surface area contributed by atoms with Crippen molar-refractivity contribution in [1.82, 2.24) is 0 Å². The zero-order chi connectivity index (χ0) is 10.4. The Balaban J connectivity index is 2.48. The van der Waals surface area contributed by atoms with Crippen molar-refractivity contribution in [1.29, 1.82) is 0 Å². The van der Waals surface area contributed by atoms with Gasteiger partial charge in [-0.2, -0.15) is 0 Å². The van der Waals surface area contributed by atoms with E-state index in [1.54, 1.807) is 18.0 Å². The van der Waals surface area contributed by atoms with Crippen LogP contribution in [0.3, 0.4) is 0 Å². The lowest BCUT2D eigenvalue weighted by atomic mass is 10.2. The lowest BCUT2D eigenvalue weighted by Gasteiger charge is -2.17. The Bertz CT molecular complexity index is 236. The molecule has 0 aliphatic heterocycles. The van der Waals surface area contributed by atoms with Crippen LogP contribution in [0.2, 0.25) is 0 Å². The highest BCUT2D eigenvalue weighted by Crippen LogP contribution is 2.31. The highest BCUT2D eigenvalue weighted by Gasteiger charge is 2.18. The van der Waals surface area contributed by atoms with Crippen molar-refractivity contribution in [3.63, 3.8) is 0 Å². The second-order valence-corrected chi connectivity index (χ2v) is 4.49. The molecular weight excluding hydrogens is 198 g/mol. The number of aliphatic hydroxyl groups is 1. The molecule has 0 saturated carbocycles. The second kappa shape index (κ2) is 6.11. The molecule has 4 heteroatoms. The van der Waals surface area contributed by atoms with Crippen molar-refractivity contribution in [2.45, 2.75) is 24.6 Å². The van der Waals surface area contributed by atoms with Crippen LogP contribution in [0.4, 0.5) is 0 Å². The fourth-order valence-electron chi connectivity index (χ4n) is 1.22. The van der Waals surface area contributed by atoms with Crippen molar-refractivity contribution in [3.8, 4) is 0 Å². The molecule has 0 fully saturated rings. The van der Waals surface area contributed by atoms with E-state index in [0.29, 0.717) is 0 Å². The minimum atomic E-state index is 0.0600. The van der Waals surface area contributed by atoms with E-state index in [4.69, 9.17) is 15.3 Å². The monoisotopic (exact) mass is 215 g/mol. The maximum absolute atomic E-state index is 8.68. The van der Waals surface area contributed by atoms with Crippen molar-refractivity contribution >= 4 is 11.8 Å². The minimum Gasteiger partial charge on any atom is -0.468 e. The van der Waals surface area contributed by atoms with E-state index in [-0.39, 0.29) is 17.9 Å². The summed E-state index contributed by atoms with van der Waals surface area (Å²) in [7, 11) is 0. The van der Waals surface area contributed by atoms with Gasteiger partial charge in [0, 0.05) is 12.6 Å². The summed E-state index contributed by atoms with van der Waals surface area (Å²) in [6.45, 7) is 2.20. The van der Waals surface area contributed by atoms with Gasteiger partial charge in [-0.25, -0.2) is 0 Å². The van der Waals surface area contributed by atoms with E-state index >= 15 is 0 Å². The molecule has 1 rings (SSSR count). The number of thioether (sulfide) groups is 1. The highest BCUT2D eigenvalue weighted by molar-refractivity contribution is 7.99. The third-order valence-electron chi connectivity index (χ3n) is 1.90. The normalized spacial score (nSPS) is 15.4. The second-order valence-electron chi connectivity index (χ2n) is 3.24. The average molecular weight is 215 g/mol. The summed E-state index contributed by atoms with van der Waals surface area (Å²) in [4.78, 5) is 0. The van der Waals surface area contributed by atoms with Crippen LogP contribution in [0.15, 0.2) is 22.8 Å². The summed E-state index contributed by atoms with van der Waals surface area (Å²) in [5, 5.41) is 8.87. The van der Waals surface area contributed by atoms with Crippen LogP contribution in [0.1, 0.15) is 24.4 Å². The Morgan fingerprint density at radius 1 is 1.64 bits per heavy atom. The van der Waals surface area contributed by atoms with Crippen LogP contribution in [0, 0.1) is 0 Å².